The van der Waals surface area contributed by atoms with E-state index in [9.17, 15) is 27.1 Å². The van der Waals surface area contributed by atoms with Crippen molar-refractivity contribution in [2.24, 2.45) is 11.3 Å². The van der Waals surface area contributed by atoms with Crippen LogP contribution in [0, 0.1) is 23.0 Å². The van der Waals surface area contributed by atoms with Crippen molar-refractivity contribution in [1.82, 2.24) is 9.21 Å². The molecule has 2 fully saturated rings. The summed E-state index contributed by atoms with van der Waals surface area (Å²) in [7, 11) is -3.45. The number of carbonyl (C=O) groups is 1. The molecule has 1 aromatic rings. The summed E-state index contributed by atoms with van der Waals surface area (Å²) in [6.45, 7) is 0.825. The van der Waals surface area contributed by atoms with Crippen LogP contribution in [0.4, 0.5) is 8.78 Å². The fourth-order valence-electron chi connectivity index (χ4n) is 3.76. The number of likely N-dealkylation sites (tertiary alicyclic amines) is 1. The van der Waals surface area contributed by atoms with Crippen LogP contribution in [0.15, 0.2) is 18.2 Å². The second-order valence-electron chi connectivity index (χ2n) is 6.66. The molecular formula is C15H18F2N2O4S. The van der Waals surface area contributed by atoms with Crippen molar-refractivity contribution in [3.05, 3.63) is 35.4 Å². The number of sulfonamides is 1. The van der Waals surface area contributed by atoms with Gasteiger partial charge in [-0.2, -0.15) is 0 Å². The van der Waals surface area contributed by atoms with Gasteiger partial charge in [0.25, 0.3) is 0 Å². The molecule has 2 aliphatic heterocycles. The molecule has 1 aromatic carbocycles. The van der Waals surface area contributed by atoms with E-state index in [4.69, 9.17) is 0 Å². The Labute approximate surface area is 138 Å². The van der Waals surface area contributed by atoms with Crippen LogP contribution in [0.25, 0.3) is 0 Å². The molecule has 0 saturated carbocycles. The zero-order valence-corrected chi connectivity index (χ0v) is 13.9. The summed E-state index contributed by atoms with van der Waals surface area (Å²) in [5.41, 5.74) is -0.748. The third-order valence-electron chi connectivity index (χ3n) is 4.87. The second-order valence-corrected chi connectivity index (χ2v) is 8.64. The quantitative estimate of drug-likeness (QED) is 0.857. The van der Waals surface area contributed by atoms with Crippen molar-refractivity contribution >= 4 is 16.0 Å². The molecule has 0 aromatic heterocycles. The van der Waals surface area contributed by atoms with Gasteiger partial charge < -0.3 is 5.11 Å². The average molecular weight is 360 g/mol. The topological polar surface area (TPSA) is 77.9 Å². The number of fused-ring (bicyclic) bond motifs is 1. The van der Waals surface area contributed by atoms with Gasteiger partial charge in [-0.15, -0.1) is 0 Å². The highest BCUT2D eigenvalue weighted by molar-refractivity contribution is 7.88. The number of benzene rings is 1. The molecule has 0 bridgehead atoms. The number of carboxylic acid groups (broad SMARTS) is 1. The molecule has 2 aliphatic rings. The molecular weight excluding hydrogens is 342 g/mol. The van der Waals surface area contributed by atoms with Gasteiger partial charge in [0, 0.05) is 44.7 Å². The third-order valence-corrected chi connectivity index (χ3v) is 6.09. The first-order chi connectivity index (χ1) is 11.1. The highest BCUT2D eigenvalue weighted by Crippen LogP contribution is 2.44. The van der Waals surface area contributed by atoms with E-state index in [-0.39, 0.29) is 32.1 Å². The van der Waals surface area contributed by atoms with Gasteiger partial charge in [0.15, 0.2) is 0 Å². The van der Waals surface area contributed by atoms with Crippen LogP contribution < -0.4 is 0 Å². The Morgan fingerprint density at radius 2 is 1.88 bits per heavy atom. The number of carboxylic acids is 1. The van der Waals surface area contributed by atoms with E-state index >= 15 is 0 Å². The minimum Gasteiger partial charge on any atom is -0.481 e. The minimum absolute atomic E-state index is 0.0696. The van der Waals surface area contributed by atoms with Gasteiger partial charge in [0.2, 0.25) is 10.0 Å². The smallest absolute Gasteiger partial charge is 0.312 e. The van der Waals surface area contributed by atoms with Crippen molar-refractivity contribution in [3.63, 3.8) is 0 Å². The van der Waals surface area contributed by atoms with Gasteiger partial charge in [0.05, 0.1) is 11.7 Å². The molecule has 9 heteroatoms. The summed E-state index contributed by atoms with van der Waals surface area (Å²) in [6, 6.07) is 3.21. The molecule has 0 aliphatic carbocycles. The first-order valence-electron chi connectivity index (χ1n) is 7.46. The van der Waals surface area contributed by atoms with Crippen LogP contribution in [0.1, 0.15) is 5.56 Å². The lowest BCUT2D eigenvalue weighted by atomic mass is 9.81. The van der Waals surface area contributed by atoms with Crippen molar-refractivity contribution in [2.75, 3.05) is 32.4 Å². The van der Waals surface area contributed by atoms with E-state index in [1.807, 2.05) is 4.90 Å². The highest BCUT2D eigenvalue weighted by atomic mass is 32.2. The lowest BCUT2D eigenvalue weighted by Crippen LogP contribution is -2.41. The Bertz CT molecular complexity index is 765. The molecule has 24 heavy (non-hydrogen) atoms. The highest BCUT2D eigenvalue weighted by Gasteiger charge is 2.59. The maximum Gasteiger partial charge on any atom is 0.312 e. The fraction of sp³-hybridized carbons (Fsp3) is 0.533. The predicted octanol–water partition coefficient (Wildman–Crippen LogP) is 0.743. The third kappa shape index (κ3) is 3.03. The van der Waals surface area contributed by atoms with Crippen LogP contribution in [-0.2, 0) is 21.4 Å². The maximum absolute atomic E-state index is 13.3. The summed E-state index contributed by atoms with van der Waals surface area (Å²) in [5, 5.41) is 9.66. The van der Waals surface area contributed by atoms with Gasteiger partial charge in [-0.3, -0.25) is 9.69 Å². The van der Waals surface area contributed by atoms with Gasteiger partial charge in [0.1, 0.15) is 11.6 Å². The van der Waals surface area contributed by atoms with E-state index < -0.39 is 33.0 Å². The SMILES string of the molecule is CS(=O)(=O)N1C[C@H]2CN(Cc3cc(F)cc(F)c3)C[C@@]2(C(=O)O)C1. The number of halogens is 2. The molecule has 0 spiro atoms. The molecule has 2 atom stereocenters. The fourth-order valence-corrected chi connectivity index (χ4v) is 4.67. The second kappa shape index (κ2) is 5.75. The Kier molecular flexibility index (Phi) is 4.13. The molecule has 0 unspecified atom stereocenters. The van der Waals surface area contributed by atoms with Crippen LogP contribution in [0.5, 0.6) is 0 Å². The Balaban J connectivity index is 1.79. The first kappa shape index (κ1) is 17.2. The van der Waals surface area contributed by atoms with Gasteiger partial charge >= 0.3 is 5.97 Å². The Morgan fingerprint density at radius 1 is 1.25 bits per heavy atom. The van der Waals surface area contributed by atoms with Crippen molar-refractivity contribution < 1.29 is 27.1 Å². The van der Waals surface area contributed by atoms with Gasteiger partial charge in [-0.25, -0.2) is 21.5 Å². The van der Waals surface area contributed by atoms with Crippen molar-refractivity contribution in [3.8, 4) is 0 Å². The van der Waals surface area contributed by atoms with E-state index in [0.29, 0.717) is 12.1 Å². The van der Waals surface area contributed by atoms with Crippen molar-refractivity contribution in [1.29, 1.82) is 0 Å². The lowest BCUT2D eigenvalue weighted by Gasteiger charge is -2.24. The van der Waals surface area contributed by atoms with Gasteiger partial charge in [-0.05, 0) is 17.7 Å². The standard InChI is InChI=1S/C15H18F2N2O4S/c1-24(22,23)19-7-11-6-18(8-15(11,9-19)14(20)21)5-10-2-12(16)4-13(17)3-10/h2-4,11H,5-9H2,1H3,(H,20,21)/t11-,15-/m1/s1. The normalized spacial score (nSPS) is 28.2. The molecule has 132 valence electrons. The summed E-state index contributed by atoms with van der Waals surface area (Å²) in [5.74, 6) is -2.74. The summed E-state index contributed by atoms with van der Waals surface area (Å²) >= 11 is 0. The van der Waals surface area contributed by atoms with Crippen LogP contribution in [0.2, 0.25) is 0 Å². The Hall–Kier alpha value is -1.58. The lowest BCUT2D eigenvalue weighted by molar-refractivity contribution is -0.148. The number of nitrogens with zero attached hydrogens (tertiary/aromatic N) is 2. The largest absolute Gasteiger partial charge is 0.481 e. The number of aliphatic carboxylic acids is 1. The summed E-state index contributed by atoms with van der Waals surface area (Å²) < 4.78 is 51.2. The number of hydrogen-bond acceptors (Lipinski definition) is 4. The number of rotatable bonds is 4. The van der Waals surface area contributed by atoms with E-state index in [0.717, 1.165) is 12.3 Å². The monoisotopic (exact) mass is 360 g/mol. The van der Waals surface area contributed by atoms with E-state index in [2.05, 4.69) is 0 Å². The summed E-state index contributed by atoms with van der Waals surface area (Å²) in [6.07, 6.45) is 1.07. The zero-order valence-electron chi connectivity index (χ0n) is 13.1. The van der Waals surface area contributed by atoms with Crippen LogP contribution in [-0.4, -0.2) is 61.1 Å². The maximum atomic E-state index is 13.3. The molecule has 2 heterocycles. The van der Waals surface area contributed by atoms with Crippen LogP contribution in [0.3, 0.4) is 0 Å². The Morgan fingerprint density at radius 3 is 2.38 bits per heavy atom. The minimum atomic E-state index is -3.45. The van der Waals surface area contributed by atoms with E-state index in [1.165, 1.54) is 16.4 Å². The van der Waals surface area contributed by atoms with E-state index in [1.54, 1.807) is 0 Å². The van der Waals surface area contributed by atoms with Crippen molar-refractivity contribution in [2.45, 2.75) is 6.54 Å². The molecule has 0 amide bonds. The average Bonchev–Trinajstić information content (AvgIpc) is 2.91. The van der Waals surface area contributed by atoms with Gasteiger partial charge in [-0.1, -0.05) is 0 Å². The van der Waals surface area contributed by atoms with Crippen LogP contribution >= 0.6 is 0 Å². The zero-order chi connectivity index (χ0) is 17.7. The molecule has 0 radical (unpaired) electrons. The molecule has 3 rings (SSSR count). The summed E-state index contributed by atoms with van der Waals surface area (Å²) in [4.78, 5) is 13.6. The first-order valence-corrected chi connectivity index (χ1v) is 9.31. The molecule has 1 N–H and O–H groups in total. The molecule has 6 nitrogen and oxygen atoms in total. The predicted molar refractivity (Wildman–Crippen MR) is 81.6 cm³/mol. The number of hydrogen-bond donors (Lipinski definition) is 1. The molecule has 2 saturated heterocycles.